The van der Waals surface area contributed by atoms with Crippen LogP contribution in [0.15, 0.2) is 47.4 Å². The Hall–Kier alpha value is -2.53. The molecule has 3 heterocycles. The molecule has 2 saturated heterocycles. The molecule has 2 atom stereocenters. The molecule has 0 bridgehead atoms. The Balaban J connectivity index is 1.45. The number of aromatic nitrogens is 1. The molecule has 36 heavy (non-hydrogen) atoms. The van der Waals surface area contributed by atoms with E-state index in [-0.39, 0.29) is 22.9 Å². The highest BCUT2D eigenvalue weighted by atomic mass is 32.2. The van der Waals surface area contributed by atoms with E-state index in [0.717, 1.165) is 36.8 Å². The van der Waals surface area contributed by atoms with E-state index in [2.05, 4.69) is 0 Å². The van der Waals surface area contributed by atoms with Crippen molar-refractivity contribution in [2.75, 3.05) is 31.7 Å². The summed E-state index contributed by atoms with van der Waals surface area (Å²) in [5.41, 5.74) is 1.12. The number of ether oxygens (including phenoxy) is 2. The van der Waals surface area contributed by atoms with Crippen molar-refractivity contribution >= 4 is 42.6 Å². The fraction of sp³-hybridized carbons (Fsp3) is 0.462. The summed E-state index contributed by atoms with van der Waals surface area (Å²) in [5, 5.41) is 0.564. The summed E-state index contributed by atoms with van der Waals surface area (Å²) >= 11 is 1.42. The predicted octanol–water partition coefficient (Wildman–Crippen LogP) is 4.69. The molecule has 8 nitrogen and oxygen atoms in total. The third-order valence-electron chi connectivity index (χ3n) is 6.93. The molecule has 2 aromatic carbocycles. The average molecular weight is 530 g/mol. The maximum Gasteiger partial charge on any atom is 0.260 e. The van der Waals surface area contributed by atoms with Gasteiger partial charge in [0.25, 0.3) is 5.91 Å². The lowest BCUT2D eigenvalue weighted by atomic mass is 10.1. The monoisotopic (exact) mass is 529 g/mol. The van der Waals surface area contributed by atoms with Crippen LogP contribution in [0.1, 0.15) is 49.4 Å². The van der Waals surface area contributed by atoms with E-state index in [4.69, 9.17) is 14.5 Å². The smallest absolute Gasteiger partial charge is 0.260 e. The zero-order valence-electron chi connectivity index (χ0n) is 20.6. The minimum Gasteiger partial charge on any atom is -0.494 e. The van der Waals surface area contributed by atoms with Gasteiger partial charge < -0.3 is 9.47 Å². The standard InChI is InChI=1S/C26H31N3O5S2/c1-18-7-3-4-15-29(18)36(31,32)21-13-11-19(12-14-21)25(30)28(17-20-8-6-16-34-20)26-27-24-22(33-2)9-5-10-23(24)35-26/h5,9-14,18,20H,3-4,6-8,15-17H2,1-2H3. The first-order chi connectivity index (χ1) is 17.4. The van der Waals surface area contributed by atoms with Gasteiger partial charge in [-0.05, 0) is 69.0 Å². The minimum absolute atomic E-state index is 0.0250. The average Bonchev–Trinajstić information content (AvgIpc) is 3.57. The number of nitrogens with zero attached hydrogens (tertiary/aromatic N) is 3. The van der Waals surface area contributed by atoms with Crippen molar-refractivity contribution in [2.24, 2.45) is 0 Å². The number of carbonyl (C=O) groups is 1. The number of methoxy groups -OCH3 is 1. The summed E-state index contributed by atoms with van der Waals surface area (Å²) in [5.74, 6) is 0.417. The molecule has 5 rings (SSSR count). The quantitative estimate of drug-likeness (QED) is 0.441. The molecule has 1 aromatic heterocycles. The molecule has 192 valence electrons. The minimum atomic E-state index is -3.61. The van der Waals surface area contributed by atoms with Crippen molar-refractivity contribution in [2.45, 2.75) is 56.1 Å². The van der Waals surface area contributed by atoms with Crippen LogP contribution >= 0.6 is 11.3 Å². The first-order valence-electron chi connectivity index (χ1n) is 12.4. The number of anilines is 1. The number of benzene rings is 2. The number of sulfonamides is 1. The normalized spacial score (nSPS) is 21.1. The van der Waals surface area contributed by atoms with Gasteiger partial charge in [-0.2, -0.15) is 4.31 Å². The SMILES string of the molecule is COc1cccc2sc(N(CC3CCCO3)C(=O)c3ccc(S(=O)(=O)N4CCCCC4C)cc3)nc12. The molecule has 0 aliphatic carbocycles. The van der Waals surface area contributed by atoms with Gasteiger partial charge in [-0.3, -0.25) is 9.69 Å². The first kappa shape index (κ1) is 25.1. The van der Waals surface area contributed by atoms with Crippen LogP contribution in [-0.4, -0.2) is 62.6 Å². The van der Waals surface area contributed by atoms with Gasteiger partial charge in [-0.25, -0.2) is 13.4 Å². The number of hydrogen-bond donors (Lipinski definition) is 0. The van der Waals surface area contributed by atoms with Crippen LogP contribution in [0, 0.1) is 0 Å². The van der Waals surface area contributed by atoms with Crippen LogP contribution in [-0.2, 0) is 14.8 Å². The van der Waals surface area contributed by atoms with Crippen LogP contribution in [0.25, 0.3) is 10.2 Å². The topological polar surface area (TPSA) is 89.0 Å². The van der Waals surface area contributed by atoms with E-state index < -0.39 is 10.0 Å². The highest BCUT2D eigenvalue weighted by molar-refractivity contribution is 7.89. The fourth-order valence-electron chi connectivity index (χ4n) is 4.92. The number of fused-ring (bicyclic) bond motifs is 1. The Labute approximate surface area is 215 Å². The van der Waals surface area contributed by atoms with Crippen molar-refractivity contribution in [3.8, 4) is 5.75 Å². The third kappa shape index (κ3) is 4.87. The van der Waals surface area contributed by atoms with Crippen LogP contribution in [0.3, 0.4) is 0 Å². The predicted molar refractivity (Wildman–Crippen MR) is 140 cm³/mol. The van der Waals surface area contributed by atoms with Gasteiger partial charge >= 0.3 is 0 Å². The van der Waals surface area contributed by atoms with Gasteiger partial charge in [0.05, 0.1) is 29.4 Å². The molecule has 0 spiro atoms. The zero-order chi connectivity index (χ0) is 25.3. The second-order valence-corrected chi connectivity index (χ2v) is 12.2. The lowest BCUT2D eigenvalue weighted by Gasteiger charge is -2.32. The Morgan fingerprint density at radius 1 is 1.17 bits per heavy atom. The van der Waals surface area contributed by atoms with Crippen LogP contribution < -0.4 is 9.64 Å². The molecular formula is C26H31N3O5S2. The van der Waals surface area contributed by atoms with E-state index >= 15 is 0 Å². The van der Waals surface area contributed by atoms with Crippen molar-refractivity contribution in [3.05, 3.63) is 48.0 Å². The number of carbonyl (C=O) groups excluding carboxylic acids is 1. The van der Waals surface area contributed by atoms with Crippen LogP contribution in [0.5, 0.6) is 5.75 Å². The van der Waals surface area contributed by atoms with Gasteiger partial charge in [-0.1, -0.05) is 23.8 Å². The number of hydrogen-bond acceptors (Lipinski definition) is 7. The molecule has 2 fully saturated rings. The Kier molecular flexibility index (Phi) is 7.30. The second kappa shape index (κ2) is 10.5. The molecule has 10 heteroatoms. The number of amides is 1. The number of piperidine rings is 1. The summed E-state index contributed by atoms with van der Waals surface area (Å²) in [6.07, 6.45) is 4.54. The fourth-order valence-corrected chi connectivity index (χ4v) is 7.61. The Morgan fingerprint density at radius 2 is 1.97 bits per heavy atom. The summed E-state index contributed by atoms with van der Waals surface area (Å²) in [6, 6.07) is 11.9. The summed E-state index contributed by atoms with van der Waals surface area (Å²) in [4.78, 5) is 20.3. The van der Waals surface area contributed by atoms with Gasteiger partial charge in [0.2, 0.25) is 10.0 Å². The van der Waals surface area contributed by atoms with Gasteiger partial charge in [0.15, 0.2) is 5.13 Å². The Bertz CT molecular complexity index is 1330. The molecule has 0 saturated carbocycles. The molecule has 2 aliphatic heterocycles. The molecule has 0 radical (unpaired) electrons. The maximum atomic E-state index is 13.7. The van der Waals surface area contributed by atoms with Crippen molar-refractivity contribution < 1.29 is 22.7 Å². The maximum absolute atomic E-state index is 13.7. The molecular weight excluding hydrogens is 498 g/mol. The van der Waals surface area contributed by atoms with Crippen molar-refractivity contribution in [1.82, 2.24) is 9.29 Å². The summed E-state index contributed by atoms with van der Waals surface area (Å²) in [6.45, 7) is 3.54. The van der Waals surface area contributed by atoms with Crippen LogP contribution in [0.2, 0.25) is 0 Å². The van der Waals surface area contributed by atoms with E-state index in [1.807, 2.05) is 25.1 Å². The summed E-state index contributed by atoms with van der Waals surface area (Å²) in [7, 11) is -2.01. The summed E-state index contributed by atoms with van der Waals surface area (Å²) < 4.78 is 40.2. The van der Waals surface area contributed by atoms with Gasteiger partial charge in [0, 0.05) is 24.8 Å². The third-order valence-corrected chi connectivity index (χ3v) is 10.00. The van der Waals surface area contributed by atoms with E-state index in [1.165, 1.54) is 23.5 Å². The zero-order valence-corrected chi connectivity index (χ0v) is 22.2. The van der Waals surface area contributed by atoms with Crippen molar-refractivity contribution in [3.63, 3.8) is 0 Å². The van der Waals surface area contributed by atoms with Gasteiger partial charge in [-0.15, -0.1) is 0 Å². The van der Waals surface area contributed by atoms with Crippen molar-refractivity contribution in [1.29, 1.82) is 0 Å². The number of rotatable bonds is 7. The van der Waals surface area contributed by atoms with E-state index in [0.29, 0.717) is 41.7 Å². The Morgan fingerprint density at radius 3 is 2.67 bits per heavy atom. The molecule has 2 unspecified atom stereocenters. The number of thiazole rings is 1. The highest BCUT2D eigenvalue weighted by Crippen LogP contribution is 2.35. The van der Waals surface area contributed by atoms with Gasteiger partial charge in [0.1, 0.15) is 11.3 Å². The second-order valence-electron chi connectivity index (χ2n) is 9.34. The lowest BCUT2D eigenvalue weighted by Crippen LogP contribution is -2.42. The molecule has 0 N–H and O–H groups in total. The largest absolute Gasteiger partial charge is 0.494 e. The first-order valence-corrected chi connectivity index (χ1v) is 14.6. The number of para-hydroxylation sites is 1. The van der Waals surface area contributed by atoms with E-state index in [1.54, 1.807) is 28.4 Å². The van der Waals surface area contributed by atoms with Crippen LogP contribution in [0.4, 0.5) is 5.13 Å². The van der Waals surface area contributed by atoms with E-state index in [9.17, 15) is 13.2 Å². The molecule has 2 aliphatic rings. The molecule has 3 aromatic rings. The highest BCUT2D eigenvalue weighted by Gasteiger charge is 2.32. The molecule has 1 amide bonds. The lowest BCUT2D eigenvalue weighted by molar-refractivity contribution is 0.0917.